The second-order valence-corrected chi connectivity index (χ2v) is 8.74. The van der Waals surface area contributed by atoms with Gasteiger partial charge in [-0.3, -0.25) is 0 Å². The number of terminal acetylenes is 1. The summed E-state index contributed by atoms with van der Waals surface area (Å²) in [6.07, 6.45) is 17.8. The molecule has 7 atom stereocenters. The summed E-state index contributed by atoms with van der Waals surface area (Å²) in [6.45, 7) is 4.58. The maximum absolute atomic E-state index is 11.0. The summed E-state index contributed by atoms with van der Waals surface area (Å²) in [7, 11) is 0. The molecule has 0 radical (unpaired) electrons. The van der Waals surface area contributed by atoms with Crippen LogP contribution in [0.1, 0.15) is 52.4 Å². The van der Waals surface area contributed by atoms with Crippen LogP contribution in [0.15, 0.2) is 23.8 Å². The highest BCUT2D eigenvalue weighted by Gasteiger charge is 2.63. The summed E-state index contributed by atoms with van der Waals surface area (Å²) >= 11 is 0. The summed E-state index contributed by atoms with van der Waals surface area (Å²) < 4.78 is 0. The van der Waals surface area contributed by atoms with E-state index in [0.29, 0.717) is 17.8 Å². The van der Waals surface area contributed by atoms with Gasteiger partial charge in [0.25, 0.3) is 0 Å². The fourth-order valence-corrected chi connectivity index (χ4v) is 6.57. The average molecular weight is 312 g/mol. The number of fused-ring (bicyclic) bond motifs is 5. The van der Waals surface area contributed by atoms with E-state index in [1.165, 1.54) is 12.0 Å². The molecule has 3 saturated carbocycles. The van der Waals surface area contributed by atoms with Crippen molar-refractivity contribution in [2.45, 2.75) is 64.1 Å². The lowest BCUT2D eigenvalue weighted by Crippen LogP contribution is -2.54. The summed E-state index contributed by atoms with van der Waals surface area (Å²) in [5.41, 5.74) is 0.458. The van der Waals surface area contributed by atoms with E-state index in [2.05, 4.69) is 31.9 Å². The average Bonchev–Trinajstić information content (AvgIpc) is 2.80. The van der Waals surface area contributed by atoms with Gasteiger partial charge in [-0.1, -0.05) is 43.6 Å². The molecule has 3 fully saturated rings. The maximum Gasteiger partial charge on any atom is 0.130 e. The third kappa shape index (κ3) is 1.84. The van der Waals surface area contributed by atoms with Crippen LogP contribution in [0, 0.1) is 40.9 Å². The predicted octanol–water partition coefficient (Wildman–Crippen LogP) is 3.45. The van der Waals surface area contributed by atoms with Crippen LogP contribution < -0.4 is 0 Å². The second-order valence-electron chi connectivity index (χ2n) is 8.74. The molecule has 124 valence electrons. The van der Waals surface area contributed by atoms with Crippen molar-refractivity contribution in [2.75, 3.05) is 0 Å². The highest BCUT2D eigenvalue weighted by molar-refractivity contribution is 5.34. The summed E-state index contributed by atoms with van der Waals surface area (Å²) in [6, 6.07) is 0. The number of aliphatic hydroxyl groups is 2. The first-order valence-corrected chi connectivity index (χ1v) is 9.13. The Morgan fingerprint density at radius 1 is 1.17 bits per heavy atom. The molecule has 2 nitrogen and oxygen atoms in total. The molecule has 0 heterocycles. The lowest BCUT2D eigenvalue weighted by atomic mass is 9.47. The van der Waals surface area contributed by atoms with E-state index >= 15 is 0 Å². The fraction of sp³-hybridized carbons (Fsp3) is 0.714. The van der Waals surface area contributed by atoms with E-state index in [4.69, 9.17) is 6.42 Å². The number of aliphatic hydroxyl groups excluding tert-OH is 1. The first-order chi connectivity index (χ1) is 10.8. The van der Waals surface area contributed by atoms with Gasteiger partial charge in [-0.05, 0) is 56.3 Å². The predicted molar refractivity (Wildman–Crippen MR) is 91.4 cm³/mol. The Morgan fingerprint density at radius 3 is 2.65 bits per heavy atom. The number of hydrogen-bond acceptors (Lipinski definition) is 2. The minimum absolute atomic E-state index is 0.0837. The molecule has 23 heavy (non-hydrogen) atoms. The molecule has 0 bridgehead atoms. The first-order valence-electron chi connectivity index (χ1n) is 9.13. The third-order valence-corrected chi connectivity index (χ3v) is 8.05. The largest absolute Gasteiger partial charge is 0.385 e. The molecule has 4 rings (SSSR count). The van der Waals surface area contributed by atoms with Gasteiger partial charge < -0.3 is 10.2 Å². The standard InChI is InChI=1S/C21H28O2/c1-4-21(23)12-9-18-16-6-5-14-13-15(22)7-10-19(14,2)17(16)8-11-20(18,21)3/h1,7,10,13,15-18,22-23H,5-6,8-9,11-12H2,2-3H3/t15-,16-,17-,18-,19+,20+,21+/m1/s1. The Hall–Kier alpha value is -1.04. The molecule has 0 saturated heterocycles. The van der Waals surface area contributed by atoms with Gasteiger partial charge in [0, 0.05) is 10.8 Å². The van der Waals surface area contributed by atoms with Crippen LogP contribution in [0.25, 0.3) is 0 Å². The smallest absolute Gasteiger partial charge is 0.130 e. The summed E-state index contributed by atoms with van der Waals surface area (Å²) in [4.78, 5) is 0. The normalized spacial score (nSPS) is 54.5. The van der Waals surface area contributed by atoms with Gasteiger partial charge in [0.05, 0.1) is 6.10 Å². The van der Waals surface area contributed by atoms with Crippen molar-refractivity contribution in [3.05, 3.63) is 23.8 Å². The van der Waals surface area contributed by atoms with Crippen LogP contribution in [0.5, 0.6) is 0 Å². The molecule has 0 aromatic heterocycles. The Balaban J connectivity index is 1.70. The molecule has 2 heteroatoms. The zero-order valence-corrected chi connectivity index (χ0v) is 14.3. The molecule has 0 amide bonds. The van der Waals surface area contributed by atoms with Gasteiger partial charge in [-0.25, -0.2) is 0 Å². The van der Waals surface area contributed by atoms with Gasteiger partial charge in [0.15, 0.2) is 0 Å². The van der Waals surface area contributed by atoms with Gasteiger partial charge in [0.2, 0.25) is 0 Å². The number of rotatable bonds is 0. The summed E-state index contributed by atoms with van der Waals surface area (Å²) in [5.74, 6) is 4.53. The Bertz CT molecular complexity index is 626. The zero-order chi connectivity index (χ0) is 16.5. The molecular weight excluding hydrogens is 284 g/mol. The number of allylic oxidation sites excluding steroid dienone is 2. The van der Waals surface area contributed by atoms with Crippen molar-refractivity contribution in [3.8, 4) is 12.3 Å². The SMILES string of the molecule is C#C[C@]1(O)CC[C@@H]2[C@@H]3CCC4=C[C@H](O)C=C[C@]4(C)[C@@H]3CC[C@@]21C. The van der Waals surface area contributed by atoms with Crippen molar-refractivity contribution in [1.29, 1.82) is 0 Å². The number of hydrogen-bond donors (Lipinski definition) is 2. The molecule has 0 spiro atoms. The molecular formula is C21H28O2. The third-order valence-electron chi connectivity index (χ3n) is 8.05. The van der Waals surface area contributed by atoms with Crippen LogP contribution >= 0.6 is 0 Å². The topological polar surface area (TPSA) is 40.5 Å². The van der Waals surface area contributed by atoms with Crippen LogP contribution in [-0.4, -0.2) is 21.9 Å². The minimum atomic E-state index is -0.918. The molecule has 2 N–H and O–H groups in total. The van der Waals surface area contributed by atoms with Gasteiger partial charge in [0.1, 0.15) is 5.60 Å². The van der Waals surface area contributed by atoms with Crippen molar-refractivity contribution in [2.24, 2.45) is 28.6 Å². The van der Waals surface area contributed by atoms with E-state index in [-0.39, 0.29) is 10.8 Å². The van der Waals surface area contributed by atoms with Crippen LogP contribution in [0.4, 0.5) is 0 Å². The van der Waals surface area contributed by atoms with Crippen LogP contribution in [0.3, 0.4) is 0 Å². The molecule has 0 aromatic carbocycles. The monoisotopic (exact) mass is 312 g/mol. The van der Waals surface area contributed by atoms with E-state index in [9.17, 15) is 10.2 Å². The second kappa shape index (κ2) is 4.74. The molecule has 4 aliphatic carbocycles. The molecule has 4 aliphatic rings. The van der Waals surface area contributed by atoms with E-state index < -0.39 is 11.7 Å². The van der Waals surface area contributed by atoms with Crippen molar-refractivity contribution < 1.29 is 10.2 Å². The molecule has 0 aromatic rings. The first kappa shape index (κ1) is 15.5. The molecule has 0 aliphatic heterocycles. The quantitative estimate of drug-likeness (QED) is 0.531. The van der Waals surface area contributed by atoms with E-state index in [0.717, 1.165) is 32.1 Å². The van der Waals surface area contributed by atoms with Crippen molar-refractivity contribution in [3.63, 3.8) is 0 Å². The van der Waals surface area contributed by atoms with Gasteiger partial charge in [-0.2, -0.15) is 0 Å². The van der Waals surface area contributed by atoms with E-state index in [1.54, 1.807) is 0 Å². The Kier molecular flexibility index (Phi) is 3.19. The van der Waals surface area contributed by atoms with E-state index in [1.807, 2.05) is 6.08 Å². The highest BCUT2D eigenvalue weighted by atomic mass is 16.3. The fourth-order valence-electron chi connectivity index (χ4n) is 6.57. The highest BCUT2D eigenvalue weighted by Crippen LogP contribution is 2.66. The Morgan fingerprint density at radius 2 is 1.91 bits per heavy atom. The van der Waals surface area contributed by atoms with Crippen LogP contribution in [-0.2, 0) is 0 Å². The maximum atomic E-state index is 11.0. The minimum Gasteiger partial charge on any atom is -0.385 e. The lowest BCUT2D eigenvalue weighted by Gasteiger charge is -2.57. The van der Waals surface area contributed by atoms with Crippen molar-refractivity contribution in [1.82, 2.24) is 0 Å². The van der Waals surface area contributed by atoms with Gasteiger partial charge in [-0.15, -0.1) is 6.42 Å². The molecule has 0 unspecified atom stereocenters. The Labute approximate surface area is 139 Å². The van der Waals surface area contributed by atoms with Crippen molar-refractivity contribution >= 4 is 0 Å². The van der Waals surface area contributed by atoms with Crippen LogP contribution in [0.2, 0.25) is 0 Å². The lowest BCUT2D eigenvalue weighted by molar-refractivity contribution is -0.0917. The summed E-state index contributed by atoms with van der Waals surface area (Å²) in [5, 5.41) is 20.9. The zero-order valence-electron chi connectivity index (χ0n) is 14.3. The van der Waals surface area contributed by atoms with Gasteiger partial charge >= 0.3 is 0 Å².